The molecule has 2 unspecified atom stereocenters. The summed E-state index contributed by atoms with van der Waals surface area (Å²) >= 11 is 0. The Morgan fingerprint density at radius 3 is 2.63 bits per heavy atom. The van der Waals surface area contributed by atoms with Crippen LogP contribution in [-0.2, 0) is 19.4 Å². The fourth-order valence-corrected chi connectivity index (χ4v) is 4.67. The van der Waals surface area contributed by atoms with Crippen LogP contribution in [0.2, 0.25) is 0 Å². The van der Waals surface area contributed by atoms with E-state index in [-0.39, 0.29) is 29.6 Å². The number of hydrogen-bond acceptors (Lipinski definition) is 4. The van der Waals surface area contributed by atoms with Crippen molar-refractivity contribution < 1.29 is 17.9 Å². The first-order valence-electron chi connectivity index (χ1n) is 7.13. The molecule has 2 heterocycles. The van der Waals surface area contributed by atoms with Crippen molar-refractivity contribution in [3.63, 3.8) is 0 Å². The summed E-state index contributed by atoms with van der Waals surface area (Å²) in [7, 11) is -2.94. The topological polar surface area (TPSA) is 63.7 Å². The van der Waals surface area contributed by atoms with E-state index in [1.54, 1.807) is 4.90 Å². The van der Waals surface area contributed by atoms with Crippen LogP contribution in [0.1, 0.15) is 39.0 Å². The van der Waals surface area contributed by atoms with Crippen molar-refractivity contribution in [1.29, 1.82) is 0 Å². The van der Waals surface area contributed by atoms with E-state index in [1.807, 2.05) is 6.92 Å². The predicted molar refractivity (Wildman–Crippen MR) is 72.7 cm³/mol. The van der Waals surface area contributed by atoms with E-state index in [1.165, 1.54) is 0 Å². The molecule has 2 fully saturated rings. The molecule has 2 aliphatic heterocycles. The Kier molecular flexibility index (Phi) is 4.84. The minimum Gasteiger partial charge on any atom is -0.378 e. The molecule has 0 bridgehead atoms. The summed E-state index contributed by atoms with van der Waals surface area (Å²) < 4.78 is 28.6. The maximum atomic E-state index is 12.3. The molecule has 0 aliphatic carbocycles. The monoisotopic (exact) mass is 289 g/mol. The van der Waals surface area contributed by atoms with Crippen LogP contribution in [-0.4, -0.2) is 56.0 Å². The molecule has 0 saturated carbocycles. The third-order valence-electron chi connectivity index (χ3n) is 3.99. The molecule has 2 saturated heterocycles. The van der Waals surface area contributed by atoms with Gasteiger partial charge in [-0.25, -0.2) is 8.42 Å². The highest BCUT2D eigenvalue weighted by Gasteiger charge is 2.34. The average molecular weight is 289 g/mol. The Labute approximate surface area is 115 Å². The number of sulfone groups is 1. The standard InChI is InChI=1S/C13H23NO4S/c1-2-14(11-6-8-19(16,17)10-11)13(15)9-12-5-3-4-7-18-12/h11-12H,2-10H2,1H3. The van der Waals surface area contributed by atoms with E-state index in [2.05, 4.69) is 0 Å². The lowest BCUT2D eigenvalue weighted by molar-refractivity contribution is -0.136. The molecule has 110 valence electrons. The Morgan fingerprint density at radius 1 is 1.32 bits per heavy atom. The summed E-state index contributed by atoms with van der Waals surface area (Å²) in [5, 5.41) is 0. The zero-order valence-electron chi connectivity index (χ0n) is 11.5. The molecule has 0 aromatic rings. The number of ether oxygens (including phenoxy) is 1. The lowest BCUT2D eigenvalue weighted by Crippen LogP contribution is -2.42. The van der Waals surface area contributed by atoms with Gasteiger partial charge in [-0.3, -0.25) is 4.79 Å². The van der Waals surface area contributed by atoms with Gasteiger partial charge in [0.25, 0.3) is 0 Å². The Bertz CT molecular complexity index is 414. The van der Waals surface area contributed by atoms with Gasteiger partial charge in [0, 0.05) is 19.2 Å². The molecule has 2 atom stereocenters. The van der Waals surface area contributed by atoms with Gasteiger partial charge < -0.3 is 9.64 Å². The second-order valence-electron chi connectivity index (χ2n) is 5.43. The molecule has 0 aromatic heterocycles. The van der Waals surface area contributed by atoms with Crippen molar-refractivity contribution in [3.05, 3.63) is 0 Å². The number of hydrogen-bond donors (Lipinski definition) is 0. The van der Waals surface area contributed by atoms with Crippen LogP contribution in [0, 0.1) is 0 Å². The van der Waals surface area contributed by atoms with Gasteiger partial charge >= 0.3 is 0 Å². The summed E-state index contributed by atoms with van der Waals surface area (Å²) in [5.41, 5.74) is 0. The smallest absolute Gasteiger partial charge is 0.225 e. The lowest BCUT2D eigenvalue weighted by atomic mass is 10.1. The minimum absolute atomic E-state index is 0.0216. The molecule has 19 heavy (non-hydrogen) atoms. The van der Waals surface area contributed by atoms with Gasteiger partial charge in [-0.1, -0.05) is 0 Å². The normalized spacial score (nSPS) is 30.2. The molecule has 2 aliphatic rings. The van der Waals surface area contributed by atoms with Gasteiger partial charge in [0.1, 0.15) is 0 Å². The molecular weight excluding hydrogens is 266 g/mol. The fraction of sp³-hybridized carbons (Fsp3) is 0.923. The summed E-state index contributed by atoms with van der Waals surface area (Å²) in [6.45, 7) is 3.22. The number of carbonyl (C=O) groups excluding carboxylic acids is 1. The number of amides is 1. The third kappa shape index (κ3) is 3.92. The van der Waals surface area contributed by atoms with Gasteiger partial charge in [-0.2, -0.15) is 0 Å². The highest BCUT2D eigenvalue weighted by atomic mass is 32.2. The third-order valence-corrected chi connectivity index (χ3v) is 5.74. The van der Waals surface area contributed by atoms with E-state index in [0.717, 1.165) is 25.9 Å². The highest BCUT2D eigenvalue weighted by molar-refractivity contribution is 7.91. The van der Waals surface area contributed by atoms with Crippen molar-refractivity contribution in [2.45, 2.75) is 51.2 Å². The van der Waals surface area contributed by atoms with Crippen LogP contribution < -0.4 is 0 Å². The van der Waals surface area contributed by atoms with Gasteiger partial charge in [-0.15, -0.1) is 0 Å². The first kappa shape index (κ1) is 14.8. The molecule has 2 rings (SSSR count). The maximum Gasteiger partial charge on any atom is 0.225 e. The van der Waals surface area contributed by atoms with Crippen molar-refractivity contribution in [3.8, 4) is 0 Å². The first-order chi connectivity index (χ1) is 9.02. The second kappa shape index (κ2) is 6.22. The largest absolute Gasteiger partial charge is 0.378 e. The van der Waals surface area contributed by atoms with Crippen molar-refractivity contribution in [1.82, 2.24) is 4.90 Å². The van der Waals surface area contributed by atoms with Crippen LogP contribution in [0.25, 0.3) is 0 Å². The van der Waals surface area contributed by atoms with Gasteiger partial charge in [0.15, 0.2) is 9.84 Å². The highest BCUT2D eigenvalue weighted by Crippen LogP contribution is 2.21. The molecule has 0 radical (unpaired) electrons. The average Bonchev–Trinajstić information content (AvgIpc) is 2.72. The van der Waals surface area contributed by atoms with Crippen molar-refractivity contribution >= 4 is 15.7 Å². The van der Waals surface area contributed by atoms with Gasteiger partial charge in [-0.05, 0) is 32.6 Å². The number of carbonyl (C=O) groups is 1. The van der Waals surface area contributed by atoms with E-state index in [9.17, 15) is 13.2 Å². The van der Waals surface area contributed by atoms with Gasteiger partial charge in [0.2, 0.25) is 5.91 Å². The second-order valence-corrected chi connectivity index (χ2v) is 7.66. The lowest BCUT2D eigenvalue weighted by Gasteiger charge is -2.30. The zero-order valence-corrected chi connectivity index (χ0v) is 12.3. The summed E-state index contributed by atoms with van der Waals surface area (Å²) in [4.78, 5) is 14.0. The number of rotatable bonds is 4. The predicted octanol–water partition coefficient (Wildman–Crippen LogP) is 0.981. The van der Waals surface area contributed by atoms with Crippen LogP contribution >= 0.6 is 0 Å². The number of nitrogens with zero attached hydrogens (tertiary/aromatic N) is 1. The quantitative estimate of drug-likeness (QED) is 0.774. The minimum atomic E-state index is -2.94. The molecule has 0 spiro atoms. The molecule has 0 aromatic carbocycles. The Morgan fingerprint density at radius 2 is 2.11 bits per heavy atom. The maximum absolute atomic E-state index is 12.3. The summed E-state index contributed by atoms with van der Waals surface area (Å²) in [6, 6.07) is -0.133. The van der Waals surface area contributed by atoms with Crippen LogP contribution in [0.5, 0.6) is 0 Å². The van der Waals surface area contributed by atoms with Crippen molar-refractivity contribution in [2.75, 3.05) is 24.7 Å². The Hall–Kier alpha value is -0.620. The Balaban J connectivity index is 1.91. The van der Waals surface area contributed by atoms with E-state index >= 15 is 0 Å². The molecule has 0 N–H and O–H groups in total. The SMILES string of the molecule is CCN(C(=O)CC1CCCCO1)C1CCS(=O)(=O)C1. The molecular formula is C13H23NO4S. The first-order valence-corrected chi connectivity index (χ1v) is 8.95. The van der Waals surface area contributed by atoms with Crippen LogP contribution in [0.4, 0.5) is 0 Å². The van der Waals surface area contributed by atoms with Crippen LogP contribution in [0.15, 0.2) is 0 Å². The fourth-order valence-electron chi connectivity index (χ4n) is 2.94. The summed E-state index contributed by atoms with van der Waals surface area (Å²) in [6.07, 6.45) is 4.11. The van der Waals surface area contributed by atoms with Crippen molar-refractivity contribution in [2.24, 2.45) is 0 Å². The van der Waals surface area contributed by atoms with E-state index < -0.39 is 9.84 Å². The van der Waals surface area contributed by atoms with Gasteiger partial charge in [0.05, 0.1) is 24.0 Å². The van der Waals surface area contributed by atoms with E-state index in [4.69, 9.17) is 4.74 Å². The van der Waals surface area contributed by atoms with Crippen LogP contribution in [0.3, 0.4) is 0 Å². The zero-order chi connectivity index (χ0) is 13.9. The van der Waals surface area contributed by atoms with E-state index in [0.29, 0.717) is 19.4 Å². The molecule has 5 nitrogen and oxygen atoms in total. The summed E-state index contributed by atoms with van der Waals surface area (Å²) in [5.74, 6) is 0.371. The molecule has 6 heteroatoms. The molecule has 1 amide bonds.